The highest BCUT2D eigenvalue weighted by atomic mass is 16.4. The van der Waals surface area contributed by atoms with E-state index in [2.05, 4.69) is 10.6 Å². The summed E-state index contributed by atoms with van der Waals surface area (Å²) < 4.78 is 0. The fourth-order valence-corrected chi connectivity index (χ4v) is 1.58. The minimum absolute atomic E-state index is 0.481. The van der Waals surface area contributed by atoms with Gasteiger partial charge in [0.1, 0.15) is 6.04 Å². The van der Waals surface area contributed by atoms with E-state index in [1.807, 2.05) is 6.07 Å². The normalized spacial score (nSPS) is 12.1. The number of nitriles is 1. The average molecular weight is 275 g/mol. The molecule has 3 N–H and O–H groups in total. The van der Waals surface area contributed by atoms with E-state index >= 15 is 0 Å². The van der Waals surface area contributed by atoms with Gasteiger partial charge in [-0.2, -0.15) is 5.26 Å². The van der Waals surface area contributed by atoms with Gasteiger partial charge in [0.15, 0.2) is 0 Å². The van der Waals surface area contributed by atoms with Gasteiger partial charge < -0.3 is 15.7 Å². The molecule has 1 aromatic rings. The number of anilines is 1. The van der Waals surface area contributed by atoms with Crippen LogP contribution in [0.4, 0.5) is 10.5 Å². The van der Waals surface area contributed by atoms with Gasteiger partial charge in [-0.25, -0.2) is 9.59 Å². The van der Waals surface area contributed by atoms with Crippen LogP contribution in [0.3, 0.4) is 0 Å². The second-order valence-corrected chi connectivity index (χ2v) is 5.42. The lowest BCUT2D eigenvalue weighted by atomic mass is 9.87. The average Bonchev–Trinajstić information content (AvgIpc) is 2.35. The van der Waals surface area contributed by atoms with Crippen LogP contribution in [0.5, 0.6) is 0 Å². The number of benzene rings is 1. The first-order valence-electron chi connectivity index (χ1n) is 6.04. The number of amides is 2. The molecule has 0 aliphatic heterocycles. The molecule has 6 nitrogen and oxygen atoms in total. The summed E-state index contributed by atoms with van der Waals surface area (Å²) in [6.45, 7) is 5.19. The topological polar surface area (TPSA) is 102 Å². The van der Waals surface area contributed by atoms with Crippen molar-refractivity contribution in [2.75, 3.05) is 5.32 Å². The summed E-state index contributed by atoms with van der Waals surface area (Å²) in [7, 11) is 0. The van der Waals surface area contributed by atoms with E-state index in [1.165, 1.54) is 0 Å². The number of nitrogens with zero attached hydrogens (tertiary/aromatic N) is 1. The van der Waals surface area contributed by atoms with Crippen LogP contribution in [0.15, 0.2) is 24.3 Å². The first kappa shape index (κ1) is 15.5. The molecule has 1 aromatic carbocycles. The summed E-state index contributed by atoms with van der Waals surface area (Å²) >= 11 is 0. The van der Waals surface area contributed by atoms with Gasteiger partial charge in [0, 0.05) is 5.69 Å². The lowest BCUT2D eigenvalue weighted by Gasteiger charge is -2.27. The van der Waals surface area contributed by atoms with Crippen molar-refractivity contribution >= 4 is 17.7 Å². The van der Waals surface area contributed by atoms with Crippen molar-refractivity contribution in [1.29, 1.82) is 5.26 Å². The molecule has 0 saturated carbocycles. The maximum absolute atomic E-state index is 11.8. The number of carbonyl (C=O) groups is 2. The summed E-state index contributed by atoms with van der Waals surface area (Å²) in [5, 5.41) is 22.7. The molecule has 1 rings (SSSR count). The zero-order valence-corrected chi connectivity index (χ0v) is 11.6. The van der Waals surface area contributed by atoms with E-state index in [0.29, 0.717) is 11.3 Å². The molecule has 0 aliphatic carbocycles. The van der Waals surface area contributed by atoms with E-state index in [1.54, 1.807) is 45.0 Å². The molecule has 0 aliphatic rings. The number of hydrogen-bond acceptors (Lipinski definition) is 3. The number of hydrogen-bond donors (Lipinski definition) is 3. The van der Waals surface area contributed by atoms with Gasteiger partial charge in [-0.3, -0.25) is 0 Å². The standard InChI is InChI=1S/C14H17N3O3/c1-14(2,3)11(12(18)19)17-13(20)16-10-6-4-9(8-15)5-7-10/h4-7,11H,1-3H3,(H,18,19)(H2,16,17,20)/t11-/m0/s1. The molecule has 20 heavy (non-hydrogen) atoms. The highest BCUT2D eigenvalue weighted by molar-refractivity contribution is 5.92. The maximum atomic E-state index is 11.8. The highest BCUT2D eigenvalue weighted by Crippen LogP contribution is 2.19. The van der Waals surface area contributed by atoms with Crippen molar-refractivity contribution in [3.63, 3.8) is 0 Å². The van der Waals surface area contributed by atoms with E-state index in [0.717, 1.165) is 0 Å². The van der Waals surface area contributed by atoms with Crippen LogP contribution in [-0.2, 0) is 4.79 Å². The van der Waals surface area contributed by atoms with Crippen LogP contribution in [0.1, 0.15) is 26.3 Å². The Labute approximate surface area is 117 Å². The van der Waals surface area contributed by atoms with Gasteiger partial charge in [-0.05, 0) is 29.7 Å². The lowest BCUT2D eigenvalue weighted by molar-refractivity contribution is -0.141. The van der Waals surface area contributed by atoms with Crippen molar-refractivity contribution in [2.45, 2.75) is 26.8 Å². The Balaban J connectivity index is 2.71. The van der Waals surface area contributed by atoms with Gasteiger partial charge in [0.2, 0.25) is 0 Å². The van der Waals surface area contributed by atoms with Crippen molar-refractivity contribution in [3.8, 4) is 6.07 Å². The first-order chi connectivity index (χ1) is 9.24. The largest absolute Gasteiger partial charge is 0.480 e. The SMILES string of the molecule is CC(C)(C)[C@@H](NC(=O)Nc1ccc(C#N)cc1)C(=O)O. The minimum atomic E-state index is -1.09. The quantitative estimate of drug-likeness (QED) is 0.786. The third-order valence-electron chi connectivity index (χ3n) is 2.66. The third kappa shape index (κ3) is 4.28. The number of urea groups is 1. The number of aliphatic carboxylic acids is 1. The smallest absolute Gasteiger partial charge is 0.326 e. The van der Waals surface area contributed by atoms with E-state index in [9.17, 15) is 9.59 Å². The second-order valence-electron chi connectivity index (χ2n) is 5.42. The van der Waals surface area contributed by atoms with Gasteiger partial charge in [-0.1, -0.05) is 20.8 Å². The Bertz CT molecular complexity index is 538. The van der Waals surface area contributed by atoms with Crippen molar-refractivity contribution < 1.29 is 14.7 Å². The molecule has 106 valence electrons. The molecule has 6 heteroatoms. The van der Waals surface area contributed by atoms with Crippen molar-refractivity contribution in [1.82, 2.24) is 5.32 Å². The van der Waals surface area contributed by atoms with Gasteiger partial charge in [0.05, 0.1) is 11.6 Å². The van der Waals surface area contributed by atoms with Crippen molar-refractivity contribution in [2.24, 2.45) is 5.41 Å². The van der Waals surface area contributed by atoms with E-state index < -0.39 is 23.5 Å². The second kappa shape index (κ2) is 6.06. The van der Waals surface area contributed by atoms with Crippen molar-refractivity contribution in [3.05, 3.63) is 29.8 Å². The fourth-order valence-electron chi connectivity index (χ4n) is 1.58. The molecule has 0 fully saturated rings. The zero-order valence-electron chi connectivity index (χ0n) is 11.6. The summed E-state index contributed by atoms with van der Waals surface area (Å²) in [5.41, 5.74) is 0.363. The third-order valence-corrected chi connectivity index (χ3v) is 2.66. The predicted octanol–water partition coefficient (Wildman–Crippen LogP) is 2.18. The van der Waals surface area contributed by atoms with Gasteiger partial charge >= 0.3 is 12.0 Å². The Morgan fingerprint density at radius 3 is 2.20 bits per heavy atom. The molecule has 2 amide bonds. The van der Waals surface area contributed by atoms with Gasteiger partial charge in [-0.15, -0.1) is 0 Å². The lowest BCUT2D eigenvalue weighted by Crippen LogP contribution is -2.50. The number of carbonyl (C=O) groups excluding carboxylic acids is 1. The molecule has 0 bridgehead atoms. The Kier molecular flexibility index (Phi) is 4.70. The number of nitrogens with one attached hydrogen (secondary N) is 2. The highest BCUT2D eigenvalue weighted by Gasteiger charge is 2.32. The molecule has 0 heterocycles. The molecular formula is C14H17N3O3. The summed E-state index contributed by atoms with van der Waals surface area (Å²) in [6.07, 6.45) is 0. The molecule has 0 saturated heterocycles. The number of carboxylic acids is 1. The van der Waals surface area contributed by atoms with Crippen LogP contribution in [-0.4, -0.2) is 23.1 Å². The van der Waals surface area contributed by atoms with Crippen LogP contribution in [0.2, 0.25) is 0 Å². The van der Waals surface area contributed by atoms with Crippen LogP contribution < -0.4 is 10.6 Å². The first-order valence-corrected chi connectivity index (χ1v) is 6.04. The summed E-state index contributed by atoms with van der Waals surface area (Å²) in [5.74, 6) is -1.09. The molecule has 0 spiro atoms. The Hall–Kier alpha value is -2.55. The maximum Gasteiger partial charge on any atom is 0.326 e. The van der Waals surface area contributed by atoms with Gasteiger partial charge in [0.25, 0.3) is 0 Å². The van der Waals surface area contributed by atoms with E-state index in [-0.39, 0.29) is 0 Å². The molecular weight excluding hydrogens is 258 g/mol. The van der Waals surface area contributed by atoms with Crippen LogP contribution in [0, 0.1) is 16.7 Å². The number of rotatable bonds is 3. The Morgan fingerprint density at radius 2 is 1.80 bits per heavy atom. The molecule has 0 unspecified atom stereocenters. The summed E-state index contributed by atoms with van der Waals surface area (Å²) in [6, 6.07) is 6.65. The minimum Gasteiger partial charge on any atom is -0.480 e. The summed E-state index contributed by atoms with van der Waals surface area (Å²) in [4.78, 5) is 22.9. The monoisotopic (exact) mass is 275 g/mol. The van der Waals surface area contributed by atoms with Crippen LogP contribution >= 0.6 is 0 Å². The molecule has 0 radical (unpaired) electrons. The van der Waals surface area contributed by atoms with E-state index in [4.69, 9.17) is 10.4 Å². The molecule has 1 atom stereocenters. The van der Waals surface area contributed by atoms with Crippen LogP contribution in [0.25, 0.3) is 0 Å². The Morgan fingerprint density at radius 1 is 1.25 bits per heavy atom. The fraction of sp³-hybridized carbons (Fsp3) is 0.357. The zero-order chi connectivity index (χ0) is 15.3. The number of carboxylic acid groups (broad SMARTS) is 1. The predicted molar refractivity (Wildman–Crippen MR) is 74.2 cm³/mol. The molecule has 0 aromatic heterocycles.